The third kappa shape index (κ3) is 3.17. The largest absolute Gasteiger partial charge is 0.449 e. The van der Waals surface area contributed by atoms with Gasteiger partial charge in [0.15, 0.2) is 5.89 Å². The molecule has 0 amide bonds. The zero-order valence-corrected chi connectivity index (χ0v) is 13.9. The van der Waals surface area contributed by atoms with E-state index in [0.717, 1.165) is 24.8 Å². The van der Waals surface area contributed by atoms with Crippen molar-refractivity contribution in [2.45, 2.75) is 37.1 Å². The summed E-state index contributed by atoms with van der Waals surface area (Å²) in [5, 5.41) is 0. The van der Waals surface area contributed by atoms with E-state index in [4.69, 9.17) is 10.2 Å². The maximum Gasteiger partial charge on any atom is 0.243 e. The second-order valence-electron chi connectivity index (χ2n) is 5.78. The van der Waals surface area contributed by atoms with E-state index in [1.807, 2.05) is 0 Å². The fourth-order valence-corrected chi connectivity index (χ4v) is 4.66. The summed E-state index contributed by atoms with van der Waals surface area (Å²) in [4.78, 5) is 4.54. The summed E-state index contributed by atoms with van der Waals surface area (Å²) in [7, 11) is -3.51. The van der Waals surface area contributed by atoms with Crippen molar-refractivity contribution in [2.75, 3.05) is 13.1 Å². The minimum Gasteiger partial charge on any atom is -0.449 e. The van der Waals surface area contributed by atoms with Gasteiger partial charge in [0.25, 0.3) is 0 Å². The summed E-state index contributed by atoms with van der Waals surface area (Å²) in [5.41, 5.74) is 7.27. The highest BCUT2D eigenvalue weighted by molar-refractivity contribution is 7.89. The van der Waals surface area contributed by atoms with Gasteiger partial charge in [-0.1, -0.05) is 18.6 Å². The fraction of sp³-hybridized carbons (Fsp3) is 0.438. The molecule has 1 aliphatic rings. The van der Waals surface area contributed by atoms with Crippen molar-refractivity contribution in [2.24, 2.45) is 5.73 Å². The molecule has 23 heavy (non-hydrogen) atoms. The molecule has 124 valence electrons. The first kappa shape index (κ1) is 16.2. The number of hydrogen-bond donors (Lipinski definition) is 1. The van der Waals surface area contributed by atoms with E-state index in [2.05, 4.69) is 4.98 Å². The van der Waals surface area contributed by atoms with Crippen LogP contribution in [0.25, 0.3) is 11.3 Å². The molecular weight excluding hydrogens is 314 g/mol. The number of aryl methyl sites for hydroxylation is 1. The molecule has 1 aromatic heterocycles. The highest BCUT2D eigenvalue weighted by atomic mass is 32.2. The zero-order valence-electron chi connectivity index (χ0n) is 13.1. The van der Waals surface area contributed by atoms with Gasteiger partial charge in [-0.05, 0) is 25.0 Å². The summed E-state index contributed by atoms with van der Waals surface area (Å²) in [6, 6.07) is 6.65. The van der Waals surface area contributed by atoms with Crippen LogP contribution in [0, 0.1) is 6.92 Å². The van der Waals surface area contributed by atoms with Gasteiger partial charge in [-0.25, -0.2) is 13.4 Å². The monoisotopic (exact) mass is 335 g/mol. The van der Waals surface area contributed by atoms with Crippen LogP contribution >= 0.6 is 0 Å². The lowest BCUT2D eigenvalue weighted by molar-refractivity contribution is 0.257. The quantitative estimate of drug-likeness (QED) is 0.924. The Hall–Kier alpha value is -1.70. The van der Waals surface area contributed by atoms with Crippen LogP contribution in [0.1, 0.15) is 25.2 Å². The zero-order chi connectivity index (χ0) is 16.4. The van der Waals surface area contributed by atoms with E-state index in [1.54, 1.807) is 41.8 Å². The molecule has 6 nitrogen and oxygen atoms in total. The smallest absolute Gasteiger partial charge is 0.243 e. The summed E-state index contributed by atoms with van der Waals surface area (Å²) >= 11 is 0. The van der Waals surface area contributed by atoms with E-state index in [1.165, 1.54) is 0 Å². The van der Waals surface area contributed by atoms with Gasteiger partial charge in [-0.3, -0.25) is 0 Å². The molecule has 0 radical (unpaired) electrons. The number of oxazole rings is 1. The van der Waals surface area contributed by atoms with Gasteiger partial charge in [-0.2, -0.15) is 4.31 Å². The Kier molecular flexibility index (Phi) is 4.52. The van der Waals surface area contributed by atoms with Crippen LogP contribution in [0.15, 0.2) is 39.8 Å². The average Bonchev–Trinajstić information content (AvgIpc) is 3.01. The number of nitrogens with two attached hydrogens (primary N) is 1. The van der Waals surface area contributed by atoms with Crippen molar-refractivity contribution in [1.29, 1.82) is 0 Å². The number of benzene rings is 1. The van der Waals surface area contributed by atoms with Crippen molar-refractivity contribution in [3.63, 3.8) is 0 Å². The summed E-state index contributed by atoms with van der Waals surface area (Å²) in [6.45, 7) is 2.66. The molecule has 1 aliphatic heterocycles. The molecule has 1 saturated heterocycles. The average molecular weight is 335 g/mol. The summed E-state index contributed by atoms with van der Waals surface area (Å²) in [5.74, 6) is 0.579. The van der Waals surface area contributed by atoms with Crippen LogP contribution in [-0.4, -0.2) is 36.8 Å². The minimum absolute atomic E-state index is 0.105. The third-order valence-electron chi connectivity index (χ3n) is 4.22. The standard InChI is InChI=1S/C16H21N3O3S/c1-12-18-16(11-22-12)13-5-7-15(8-6-13)23(20,21)19-9-3-2-4-14(19)10-17/h5-8,11,14H,2-4,9-10,17H2,1H3. The van der Waals surface area contributed by atoms with E-state index < -0.39 is 10.0 Å². The van der Waals surface area contributed by atoms with Gasteiger partial charge in [0.2, 0.25) is 10.0 Å². The molecule has 0 bridgehead atoms. The first-order valence-corrected chi connectivity index (χ1v) is 9.21. The Morgan fingerprint density at radius 3 is 2.65 bits per heavy atom. The summed E-state index contributed by atoms with van der Waals surface area (Å²) < 4.78 is 32.4. The molecule has 2 heterocycles. The molecule has 1 aromatic carbocycles. The molecule has 2 N–H and O–H groups in total. The molecule has 1 unspecified atom stereocenters. The predicted molar refractivity (Wildman–Crippen MR) is 87.3 cm³/mol. The highest BCUT2D eigenvalue weighted by Crippen LogP contribution is 2.27. The van der Waals surface area contributed by atoms with Crippen molar-refractivity contribution in [3.05, 3.63) is 36.4 Å². The van der Waals surface area contributed by atoms with E-state index in [-0.39, 0.29) is 6.04 Å². The van der Waals surface area contributed by atoms with Crippen molar-refractivity contribution >= 4 is 10.0 Å². The minimum atomic E-state index is -3.51. The van der Waals surface area contributed by atoms with E-state index in [9.17, 15) is 8.42 Å². The Morgan fingerprint density at radius 2 is 2.04 bits per heavy atom. The number of rotatable bonds is 4. The van der Waals surface area contributed by atoms with Gasteiger partial charge in [0, 0.05) is 31.6 Å². The summed E-state index contributed by atoms with van der Waals surface area (Å²) in [6.07, 6.45) is 4.30. The van der Waals surface area contributed by atoms with E-state index in [0.29, 0.717) is 29.6 Å². The second kappa shape index (κ2) is 6.43. The third-order valence-corrected chi connectivity index (χ3v) is 6.19. The van der Waals surface area contributed by atoms with Gasteiger partial charge >= 0.3 is 0 Å². The number of hydrogen-bond acceptors (Lipinski definition) is 5. The van der Waals surface area contributed by atoms with Crippen LogP contribution in [-0.2, 0) is 10.0 Å². The van der Waals surface area contributed by atoms with Gasteiger partial charge in [0.1, 0.15) is 12.0 Å². The molecule has 0 spiro atoms. The van der Waals surface area contributed by atoms with Crippen molar-refractivity contribution < 1.29 is 12.8 Å². The molecule has 7 heteroatoms. The Balaban J connectivity index is 1.88. The lowest BCUT2D eigenvalue weighted by atomic mass is 10.1. The SMILES string of the molecule is Cc1nc(-c2ccc(S(=O)(=O)N3CCCCC3CN)cc2)co1. The van der Waals surface area contributed by atoms with Gasteiger partial charge in [-0.15, -0.1) is 0 Å². The predicted octanol–water partition coefficient (Wildman–Crippen LogP) is 2.15. The molecule has 0 aliphatic carbocycles. The first-order chi connectivity index (χ1) is 11.0. The molecular formula is C16H21N3O3S. The molecule has 1 atom stereocenters. The van der Waals surface area contributed by atoms with Crippen molar-refractivity contribution in [3.8, 4) is 11.3 Å². The van der Waals surface area contributed by atoms with E-state index >= 15 is 0 Å². The Bertz CT molecular complexity index is 768. The number of sulfonamides is 1. The molecule has 0 saturated carbocycles. The Morgan fingerprint density at radius 1 is 1.30 bits per heavy atom. The second-order valence-corrected chi connectivity index (χ2v) is 7.67. The fourth-order valence-electron chi connectivity index (χ4n) is 2.96. The number of nitrogens with zero attached hydrogens (tertiary/aromatic N) is 2. The number of aromatic nitrogens is 1. The van der Waals surface area contributed by atoms with Crippen LogP contribution in [0.4, 0.5) is 0 Å². The number of piperidine rings is 1. The lowest BCUT2D eigenvalue weighted by Crippen LogP contribution is -2.47. The van der Waals surface area contributed by atoms with Crippen LogP contribution in [0.5, 0.6) is 0 Å². The van der Waals surface area contributed by atoms with Crippen LogP contribution < -0.4 is 5.73 Å². The van der Waals surface area contributed by atoms with Crippen LogP contribution in [0.3, 0.4) is 0 Å². The maximum absolute atomic E-state index is 12.8. The highest BCUT2D eigenvalue weighted by Gasteiger charge is 2.32. The normalized spacial score (nSPS) is 19.8. The molecule has 3 rings (SSSR count). The lowest BCUT2D eigenvalue weighted by Gasteiger charge is -2.33. The topological polar surface area (TPSA) is 89.4 Å². The van der Waals surface area contributed by atoms with Crippen molar-refractivity contribution in [1.82, 2.24) is 9.29 Å². The molecule has 1 fully saturated rings. The Labute approximate surface area is 136 Å². The first-order valence-electron chi connectivity index (χ1n) is 7.77. The van der Waals surface area contributed by atoms with Gasteiger partial charge < -0.3 is 10.2 Å². The maximum atomic E-state index is 12.8. The molecule has 2 aromatic rings. The van der Waals surface area contributed by atoms with Crippen LogP contribution in [0.2, 0.25) is 0 Å². The van der Waals surface area contributed by atoms with Gasteiger partial charge in [0.05, 0.1) is 4.90 Å².